The van der Waals surface area contributed by atoms with Gasteiger partial charge in [-0.15, -0.1) is 11.3 Å². The number of carbonyl (C=O) groups excluding carboxylic acids is 1. The molecule has 23 heavy (non-hydrogen) atoms. The maximum absolute atomic E-state index is 12.3. The first-order valence-corrected chi connectivity index (χ1v) is 8.27. The van der Waals surface area contributed by atoms with Gasteiger partial charge in [0.25, 0.3) is 11.6 Å². The standard InChI is InChI=1S/C16H17N3O3S/c1-12-11-13(19(21)22)4-5-14(12)17-6-8-18(9-7-17)16(20)15-3-2-10-23-15/h2-5,10-11H,6-9H2,1H3. The number of carbonyl (C=O) groups is 1. The third kappa shape index (κ3) is 3.19. The number of nitro benzene ring substituents is 1. The summed E-state index contributed by atoms with van der Waals surface area (Å²) >= 11 is 1.46. The van der Waals surface area contributed by atoms with Gasteiger partial charge in [-0.1, -0.05) is 6.07 Å². The van der Waals surface area contributed by atoms with Gasteiger partial charge in [-0.05, 0) is 30.0 Å². The molecule has 0 saturated carbocycles. The van der Waals surface area contributed by atoms with Crippen molar-refractivity contribution in [2.24, 2.45) is 0 Å². The molecule has 6 nitrogen and oxygen atoms in total. The van der Waals surface area contributed by atoms with Crippen LogP contribution in [0.2, 0.25) is 0 Å². The minimum atomic E-state index is -0.381. The van der Waals surface area contributed by atoms with Crippen molar-refractivity contribution in [1.82, 2.24) is 4.90 Å². The van der Waals surface area contributed by atoms with Gasteiger partial charge in [0.05, 0.1) is 9.80 Å². The van der Waals surface area contributed by atoms with Crippen LogP contribution in [-0.4, -0.2) is 41.9 Å². The Hall–Kier alpha value is -2.41. The van der Waals surface area contributed by atoms with Crippen molar-refractivity contribution < 1.29 is 9.72 Å². The summed E-state index contributed by atoms with van der Waals surface area (Å²) in [6, 6.07) is 8.66. The molecule has 0 bridgehead atoms. The third-order valence-electron chi connectivity index (χ3n) is 4.03. The fourth-order valence-corrected chi connectivity index (χ4v) is 3.51. The highest BCUT2D eigenvalue weighted by Crippen LogP contribution is 2.26. The van der Waals surface area contributed by atoms with Crippen molar-refractivity contribution in [1.29, 1.82) is 0 Å². The summed E-state index contributed by atoms with van der Waals surface area (Å²) in [6.07, 6.45) is 0. The quantitative estimate of drug-likeness (QED) is 0.641. The molecule has 0 aliphatic carbocycles. The summed E-state index contributed by atoms with van der Waals surface area (Å²) in [4.78, 5) is 27.6. The summed E-state index contributed by atoms with van der Waals surface area (Å²) < 4.78 is 0. The molecule has 7 heteroatoms. The predicted molar refractivity (Wildman–Crippen MR) is 90.3 cm³/mol. The van der Waals surface area contributed by atoms with Crippen LogP contribution in [0, 0.1) is 17.0 Å². The van der Waals surface area contributed by atoms with E-state index in [1.54, 1.807) is 12.1 Å². The fourth-order valence-electron chi connectivity index (χ4n) is 2.81. The molecule has 1 aromatic heterocycles. The molecule has 2 heterocycles. The number of thiophene rings is 1. The number of aryl methyl sites for hydroxylation is 1. The van der Waals surface area contributed by atoms with Crippen LogP contribution in [0.25, 0.3) is 0 Å². The second kappa shape index (κ2) is 6.37. The average Bonchev–Trinajstić information content (AvgIpc) is 3.08. The van der Waals surface area contributed by atoms with Crippen LogP contribution in [-0.2, 0) is 0 Å². The highest BCUT2D eigenvalue weighted by Gasteiger charge is 2.24. The maximum Gasteiger partial charge on any atom is 0.269 e. The van der Waals surface area contributed by atoms with Gasteiger partial charge in [0.2, 0.25) is 0 Å². The molecular weight excluding hydrogens is 314 g/mol. The molecule has 0 radical (unpaired) electrons. The molecule has 3 rings (SSSR count). The Morgan fingerprint density at radius 2 is 1.96 bits per heavy atom. The molecule has 1 saturated heterocycles. The van der Waals surface area contributed by atoms with Crippen LogP contribution >= 0.6 is 11.3 Å². The van der Waals surface area contributed by atoms with E-state index >= 15 is 0 Å². The van der Waals surface area contributed by atoms with Gasteiger partial charge in [0.15, 0.2) is 0 Å². The Bertz CT molecular complexity index is 722. The first-order chi connectivity index (χ1) is 11.1. The molecule has 0 atom stereocenters. The fraction of sp³-hybridized carbons (Fsp3) is 0.312. The number of rotatable bonds is 3. The summed E-state index contributed by atoms with van der Waals surface area (Å²) in [6.45, 7) is 4.66. The van der Waals surface area contributed by atoms with E-state index in [9.17, 15) is 14.9 Å². The van der Waals surface area contributed by atoms with Gasteiger partial charge < -0.3 is 9.80 Å². The Balaban J connectivity index is 1.67. The van der Waals surface area contributed by atoms with E-state index < -0.39 is 0 Å². The third-order valence-corrected chi connectivity index (χ3v) is 4.89. The number of piperazine rings is 1. The molecular formula is C16H17N3O3S. The van der Waals surface area contributed by atoms with Crippen LogP contribution < -0.4 is 4.90 Å². The second-order valence-corrected chi connectivity index (χ2v) is 6.43. The first-order valence-electron chi connectivity index (χ1n) is 7.39. The van der Waals surface area contributed by atoms with Crippen LogP contribution in [0.5, 0.6) is 0 Å². The lowest BCUT2D eigenvalue weighted by Crippen LogP contribution is -2.48. The van der Waals surface area contributed by atoms with E-state index in [0.717, 1.165) is 29.2 Å². The van der Waals surface area contributed by atoms with Gasteiger partial charge in [-0.3, -0.25) is 14.9 Å². The van der Waals surface area contributed by atoms with Gasteiger partial charge >= 0.3 is 0 Å². The molecule has 2 aromatic rings. The van der Waals surface area contributed by atoms with Crippen molar-refractivity contribution in [2.45, 2.75) is 6.92 Å². The van der Waals surface area contributed by atoms with Gasteiger partial charge in [0.1, 0.15) is 0 Å². The summed E-state index contributed by atoms with van der Waals surface area (Å²) in [5, 5.41) is 12.7. The number of hydrogen-bond donors (Lipinski definition) is 0. The van der Waals surface area contributed by atoms with Crippen molar-refractivity contribution in [2.75, 3.05) is 31.1 Å². The van der Waals surface area contributed by atoms with Crippen molar-refractivity contribution >= 4 is 28.6 Å². The Morgan fingerprint density at radius 1 is 1.22 bits per heavy atom. The SMILES string of the molecule is Cc1cc([N+](=O)[O-])ccc1N1CCN(C(=O)c2cccs2)CC1. The van der Waals surface area contributed by atoms with Gasteiger partial charge in [-0.25, -0.2) is 0 Å². The van der Waals surface area contributed by atoms with E-state index in [-0.39, 0.29) is 16.5 Å². The van der Waals surface area contributed by atoms with Crippen LogP contribution in [0.1, 0.15) is 15.2 Å². The van der Waals surface area contributed by atoms with E-state index in [1.807, 2.05) is 29.3 Å². The molecule has 0 N–H and O–H groups in total. The van der Waals surface area contributed by atoms with E-state index in [4.69, 9.17) is 0 Å². The maximum atomic E-state index is 12.3. The van der Waals surface area contributed by atoms with Crippen LogP contribution in [0.3, 0.4) is 0 Å². The Kier molecular flexibility index (Phi) is 4.29. The topological polar surface area (TPSA) is 66.7 Å². The molecule has 1 aliphatic rings. The van der Waals surface area contributed by atoms with E-state index in [1.165, 1.54) is 17.4 Å². The molecule has 120 valence electrons. The molecule has 1 amide bonds. The Morgan fingerprint density at radius 3 is 2.52 bits per heavy atom. The number of non-ortho nitro benzene ring substituents is 1. The van der Waals surface area contributed by atoms with Gasteiger partial charge in [0, 0.05) is 44.0 Å². The Labute approximate surface area is 138 Å². The van der Waals surface area contributed by atoms with Crippen molar-refractivity contribution in [3.63, 3.8) is 0 Å². The highest BCUT2D eigenvalue weighted by atomic mass is 32.1. The summed E-state index contributed by atoms with van der Waals surface area (Å²) in [5.41, 5.74) is 1.99. The number of nitrogens with zero attached hydrogens (tertiary/aromatic N) is 3. The predicted octanol–water partition coefficient (Wildman–Crippen LogP) is 2.93. The number of hydrogen-bond acceptors (Lipinski definition) is 5. The molecule has 1 aliphatic heterocycles. The number of nitro groups is 1. The number of anilines is 1. The minimum absolute atomic E-state index is 0.0834. The monoisotopic (exact) mass is 331 g/mol. The number of benzene rings is 1. The molecule has 0 unspecified atom stereocenters. The zero-order valence-electron chi connectivity index (χ0n) is 12.8. The molecule has 1 aromatic carbocycles. The molecule has 1 fully saturated rings. The van der Waals surface area contributed by atoms with Crippen LogP contribution in [0.15, 0.2) is 35.7 Å². The zero-order chi connectivity index (χ0) is 16.4. The lowest BCUT2D eigenvalue weighted by Gasteiger charge is -2.36. The number of amides is 1. The zero-order valence-corrected chi connectivity index (χ0v) is 13.6. The van der Waals surface area contributed by atoms with Crippen molar-refractivity contribution in [3.8, 4) is 0 Å². The second-order valence-electron chi connectivity index (χ2n) is 5.48. The highest BCUT2D eigenvalue weighted by molar-refractivity contribution is 7.12. The normalized spacial score (nSPS) is 14.8. The van der Waals surface area contributed by atoms with Crippen LogP contribution in [0.4, 0.5) is 11.4 Å². The van der Waals surface area contributed by atoms with E-state index in [0.29, 0.717) is 13.1 Å². The smallest absolute Gasteiger partial charge is 0.269 e. The summed E-state index contributed by atoms with van der Waals surface area (Å²) in [7, 11) is 0. The summed E-state index contributed by atoms with van der Waals surface area (Å²) in [5.74, 6) is 0.0834. The largest absolute Gasteiger partial charge is 0.368 e. The van der Waals surface area contributed by atoms with Crippen molar-refractivity contribution in [3.05, 3.63) is 56.3 Å². The van der Waals surface area contributed by atoms with Gasteiger partial charge in [-0.2, -0.15) is 0 Å². The average molecular weight is 331 g/mol. The lowest BCUT2D eigenvalue weighted by atomic mass is 10.1. The van der Waals surface area contributed by atoms with E-state index in [2.05, 4.69) is 4.90 Å². The lowest BCUT2D eigenvalue weighted by molar-refractivity contribution is -0.384. The molecule has 0 spiro atoms. The minimum Gasteiger partial charge on any atom is -0.368 e. The first kappa shape index (κ1) is 15.5.